The molecule has 0 heterocycles. The van der Waals surface area contributed by atoms with Gasteiger partial charge in [0, 0.05) is 31.8 Å². The van der Waals surface area contributed by atoms with E-state index in [-0.39, 0.29) is 46.6 Å². The van der Waals surface area contributed by atoms with Crippen molar-refractivity contribution in [3.05, 3.63) is 0 Å². The van der Waals surface area contributed by atoms with Gasteiger partial charge in [-0.2, -0.15) is 0 Å². The van der Waals surface area contributed by atoms with Gasteiger partial charge in [-0.05, 0) is 81.0 Å². The lowest BCUT2D eigenvalue weighted by Gasteiger charge is -2.60. The Morgan fingerprint density at radius 3 is 2.40 bits per heavy atom. The van der Waals surface area contributed by atoms with Gasteiger partial charge in [-0.25, -0.2) is 0 Å². The van der Waals surface area contributed by atoms with Crippen molar-refractivity contribution in [1.82, 2.24) is 0 Å². The molecule has 4 saturated carbocycles. The second kappa shape index (κ2) is 7.72. The number of fused-ring (bicyclic) bond motifs is 5. The molecule has 0 aromatic carbocycles. The predicted octanol–water partition coefficient (Wildman–Crippen LogP) is 4.36. The van der Waals surface area contributed by atoms with Crippen LogP contribution >= 0.6 is 0 Å². The molecule has 0 spiro atoms. The van der Waals surface area contributed by atoms with E-state index in [0.717, 1.165) is 38.5 Å². The van der Waals surface area contributed by atoms with Gasteiger partial charge in [0.2, 0.25) is 0 Å². The monoisotopic (exact) mass is 418 g/mol. The first-order valence-electron chi connectivity index (χ1n) is 11.9. The summed E-state index contributed by atoms with van der Waals surface area (Å²) in [7, 11) is 0. The van der Waals surface area contributed by atoms with Crippen LogP contribution in [0.3, 0.4) is 0 Å². The Morgan fingerprint density at radius 2 is 1.77 bits per heavy atom. The van der Waals surface area contributed by atoms with E-state index in [1.165, 1.54) is 6.92 Å². The smallest absolute Gasteiger partial charge is 0.302 e. The van der Waals surface area contributed by atoms with Crippen molar-refractivity contribution in [2.45, 2.75) is 91.8 Å². The summed E-state index contributed by atoms with van der Waals surface area (Å²) in [5, 5.41) is 0. The zero-order valence-electron chi connectivity index (χ0n) is 19.2. The Hall–Kier alpha value is -1.23. The Bertz CT molecular complexity index is 731. The van der Waals surface area contributed by atoms with Gasteiger partial charge in [0.05, 0.1) is 6.10 Å². The number of hydrogen-bond acceptors (Lipinski definition) is 5. The van der Waals surface area contributed by atoms with E-state index in [4.69, 9.17) is 9.47 Å². The van der Waals surface area contributed by atoms with Gasteiger partial charge in [-0.15, -0.1) is 0 Å². The minimum absolute atomic E-state index is 0.0359. The van der Waals surface area contributed by atoms with Crippen LogP contribution in [-0.2, 0) is 23.9 Å². The molecule has 0 N–H and O–H groups in total. The Kier molecular flexibility index (Phi) is 5.66. The molecule has 5 nitrogen and oxygen atoms in total. The van der Waals surface area contributed by atoms with Crippen molar-refractivity contribution >= 4 is 17.5 Å². The summed E-state index contributed by atoms with van der Waals surface area (Å²) >= 11 is 0. The van der Waals surface area contributed by atoms with Gasteiger partial charge >= 0.3 is 5.97 Å². The van der Waals surface area contributed by atoms with E-state index in [0.29, 0.717) is 36.6 Å². The van der Waals surface area contributed by atoms with E-state index < -0.39 is 0 Å². The summed E-state index contributed by atoms with van der Waals surface area (Å²) in [6, 6.07) is 0. The van der Waals surface area contributed by atoms with E-state index >= 15 is 0 Å². The third-order valence-corrected chi connectivity index (χ3v) is 9.51. The fourth-order valence-corrected chi connectivity index (χ4v) is 8.44. The number of carbonyl (C=O) groups excluding carboxylic acids is 3. The number of carbonyl (C=O) groups is 3. The third kappa shape index (κ3) is 3.27. The summed E-state index contributed by atoms with van der Waals surface area (Å²) < 4.78 is 11.7. The van der Waals surface area contributed by atoms with Crippen molar-refractivity contribution in [2.24, 2.45) is 40.4 Å². The fourth-order valence-electron chi connectivity index (χ4n) is 8.44. The first-order valence-corrected chi connectivity index (χ1v) is 11.9. The Labute approximate surface area is 180 Å². The van der Waals surface area contributed by atoms with Gasteiger partial charge in [0.15, 0.2) is 0 Å². The molecule has 4 fully saturated rings. The summed E-state index contributed by atoms with van der Waals surface area (Å²) in [6.45, 7) is 10.2. The van der Waals surface area contributed by atoms with E-state index in [2.05, 4.69) is 13.8 Å². The predicted molar refractivity (Wildman–Crippen MR) is 113 cm³/mol. The number of esters is 1. The molecule has 0 unspecified atom stereocenters. The molecule has 5 heteroatoms. The molecule has 4 rings (SSSR count). The number of rotatable bonds is 4. The molecule has 0 radical (unpaired) electrons. The van der Waals surface area contributed by atoms with Gasteiger partial charge in [0.1, 0.15) is 17.7 Å². The third-order valence-electron chi connectivity index (χ3n) is 9.51. The largest absolute Gasteiger partial charge is 0.460 e. The van der Waals surface area contributed by atoms with Crippen LogP contribution in [0.2, 0.25) is 0 Å². The standard InChI is InChI=1S/C25H38O5/c1-6-29-22-13-24(4)16(11-21(22)30-15(3)27)7-8-17-19-10-9-18(14(2)26)25(19,5)12-20(28)23(17)24/h16-19,21-23H,6-13H2,1-5H3/t16-,17-,18+,19-,21-,22-,23+,24-,25+/m0/s1. The summed E-state index contributed by atoms with van der Waals surface area (Å²) in [5.74, 6) is 1.64. The molecule has 168 valence electrons. The number of Topliss-reactive ketones (excluding diaryl/α,β-unsaturated/α-hetero) is 2. The van der Waals surface area contributed by atoms with E-state index in [1.54, 1.807) is 6.92 Å². The van der Waals surface area contributed by atoms with E-state index in [9.17, 15) is 14.4 Å². The summed E-state index contributed by atoms with van der Waals surface area (Å²) in [6.07, 6.45) is 5.86. The Balaban J connectivity index is 1.64. The lowest BCUT2D eigenvalue weighted by atomic mass is 9.44. The van der Waals surface area contributed by atoms with Crippen molar-refractivity contribution in [2.75, 3.05) is 6.61 Å². The highest BCUT2D eigenvalue weighted by atomic mass is 16.6. The van der Waals surface area contributed by atoms with Crippen LogP contribution in [0.4, 0.5) is 0 Å². The molecule has 4 aliphatic carbocycles. The number of ether oxygens (including phenoxy) is 2. The molecular weight excluding hydrogens is 380 g/mol. The maximum absolute atomic E-state index is 13.7. The molecular formula is C25H38O5. The van der Waals surface area contributed by atoms with Gasteiger partial charge in [-0.1, -0.05) is 13.8 Å². The van der Waals surface area contributed by atoms with Crippen LogP contribution in [0.1, 0.15) is 79.6 Å². The molecule has 0 saturated heterocycles. The van der Waals surface area contributed by atoms with E-state index in [1.807, 2.05) is 6.92 Å². The van der Waals surface area contributed by atoms with Crippen LogP contribution in [0, 0.1) is 40.4 Å². The second-order valence-electron chi connectivity index (χ2n) is 11.0. The number of hydrogen-bond donors (Lipinski definition) is 0. The minimum Gasteiger partial charge on any atom is -0.460 e. The maximum Gasteiger partial charge on any atom is 0.302 e. The average molecular weight is 419 g/mol. The van der Waals surface area contributed by atoms with Crippen molar-refractivity contribution < 1.29 is 23.9 Å². The van der Waals surface area contributed by atoms with Gasteiger partial charge in [-0.3, -0.25) is 14.4 Å². The topological polar surface area (TPSA) is 69.7 Å². The van der Waals surface area contributed by atoms with Gasteiger partial charge in [0.25, 0.3) is 0 Å². The lowest BCUT2D eigenvalue weighted by Crippen LogP contribution is -2.60. The normalized spacial score (nSPS) is 47.8. The second-order valence-corrected chi connectivity index (χ2v) is 11.0. The van der Waals surface area contributed by atoms with Crippen LogP contribution in [0.25, 0.3) is 0 Å². The maximum atomic E-state index is 13.7. The highest BCUT2D eigenvalue weighted by molar-refractivity contribution is 5.87. The number of ketones is 2. The zero-order chi connectivity index (χ0) is 21.8. The van der Waals surface area contributed by atoms with Gasteiger partial charge < -0.3 is 9.47 Å². The highest BCUT2D eigenvalue weighted by Gasteiger charge is 2.64. The first kappa shape index (κ1) is 22.0. The molecule has 0 aromatic heterocycles. The molecule has 0 amide bonds. The first-order chi connectivity index (χ1) is 14.1. The van der Waals surface area contributed by atoms with Crippen molar-refractivity contribution in [1.29, 1.82) is 0 Å². The SMILES string of the molecule is CCO[C@H]1C[C@@]2(C)[C@@H](CC[C@H]3[C@@H]4CC[C@H](C(C)=O)[C@@]4(C)CC(=O)[C@@H]32)C[C@@H]1OC(C)=O. The molecule has 0 aromatic rings. The van der Waals surface area contributed by atoms with Crippen molar-refractivity contribution in [3.63, 3.8) is 0 Å². The molecule has 0 bridgehead atoms. The van der Waals surface area contributed by atoms with Crippen LogP contribution in [0.15, 0.2) is 0 Å². The zero-order valence-corrected chi connectivity index (χ0v) is 19.2. The summed E-state index contributed by atoms with van der Waals surface area (Å²) in [4.78, 5) is 37.7. The Morgan fingerprint density at radius 1 is 1.03 bits per heavy atom. The molecule has 0 aliphatic heterocycles. The lowest BCUT2D eigenvalue weighted by molar-refractivity contribution is -0.191. The summed E-state index contributed by atoms with van der Waals surface area (Å²) in [5.41, 5.74) is -0.284. The fraction of sp³-hybridized carbons (Fsp3) is 0.880. The molecule has 30 heavy (non-hydrogen) atoms. The van der Waals surface area contributed by atoms with Crippen LogP contribution in [-0.4, -0.2) is 36.4 Å². The molecule has 9 atom stereocenters. The van der Waals surface area contributed by atoms with Crippen LogP contribution < -0.4 is 0 Å². The highest BCUT2D eigenvalue weighted by Crippen LogP contribution is 2.66. The van der Waals surface area contributed by atoms with Crippen LogP contribution in [0.5, 0.6) is 0 Å². The van der Waals surface area contributed by atoms with Crippen molar-refractivity contribution in [3.8, 4) is 0 Å². The molecule has 4 aliphatic rings. The minimum atomic E-state index is -0.257. The average Bonchev–Trinajstić information content (AvgIpc) is 2.98. The quantitative estimate of drug-likeness (QED) is 0.635.